The van der Waals surface area contributed by atoms with Crippen molar-refractivity contribution >= 4 is 15.6 Å². The van der Waals surface area contributed by atoms with E-state index in [4.69, 9.17) is 10.2 Å². The van der Waals surface area contributed by atoms with Gasteiger partial charge in [0.2, 0.25) is 9.76 Å². The van der Waals surface area contributed by atoms with Crippen molar-refractivity contribution in [1.29, 1.82) is 0 Å². The van der Waals surface area contributed by atoms with Crippen molar-refractivity contribution in [1.82, 2.24) is 9.97 Å². The SMILES string of the molecule is CC(C)(C)[Si]OC(c1ccccc1)(c1ccccc1)c1cnc(N)cn1. The van der Waals surface area contributed by atoms with Crippen LogP contribution in [0.15, 0.2) is 73.1 Å². The van der Waals surface area contributed by atoms with Gasteiger partial charge in [0.25, 0.3) is 0 Å². The molecule has 4 nitrogen and oxygen atoms in total. The zero-order valence-electron chi connectivity index (χ0n) is 15.3. The van der Waals surface area contributed by atoms with Gasteiger partial charge in [-0.25, -0.2) is 4.98 Å². The Kier molecular flexibility index (Phi) is 5.20. The van der Waals surface area contributed by atoms with Crippen molar-refractivity contribution in [3.63, 3.8) is 0 Å². The summed E-state index contributed by atoms with van der Waals surface area (Å²) in [5, 5.41) is 0.0239. The molecule has 0 aliphatic heterocycles. The Morgan fingerprint density at radius 1 is 0.808 bits per heavy atom. The fraction of sp³-hybridized carbons (Fsp3) is 0.238. The Balaban J connectivity index is 2.25. The molecular weight excluding hydrogens is 338 g/mol. The van der Waals surface area contributed by atoms with Gasteiger partial charge in [0.05, 0.1) is 18.1 Å². The van der Waals surface area contributed by atoms with Crippen LogP contribution in [0.25, 0.3) is 0 Å². The number of anilines is 1. The van der Waals surface area contributed by atoms with E-state index in [1.165, 1.54) is 0 Å². The van der Waals surface area contributed by atoms with Crippen LogP contribution < -0.4 is 5.73 Å². The number of aromatic nitrogens is 2. The minimum atomic E-state index is -0.838. The van der Waals surface area contributed by atoms with E-state index in [2.05, 4.69) is 55.0 Å². The van der Waals surface area contributed by atoms with E-state index < -0.39 is 5.60 Å². The third kappa shape index (κ3) is 3.84. The van der Waals surface area contributed by atoms with Crippen LogP contribution >= 0.6 is 0 Å². The molecule has 0 fully saturated rings. The highest BCUT2D eigenvalue weighted by Gasteiger charge is 2.40. The molecular formula is C21H23N3OSi. The molecule has 0 aliphatic carbocycles. The van der Waals surface area contributed by atoms with Crippen LogP contribution in [-0.4, -0.2) is 19.7 Å². The predicted molar refractivity (Wildman–Crippen MR) is 106 cm³/mol. The number of hydrogen-bond acceptors (Lipinski definition) is 4. The molecule has 1 aromatic heterocycles. The van der Waals surface area contributed by atoms with Crippen molar-refractivity contribution in [2.45, 2.75) is 31.4 Å². The second kappa shape index (κ2) is 7.39. The third-order valence-corrected chi connectivity index (χ3v) is 4.92. The molecule has 0 saturated carbocycles. The van der Waals surface area contributed by atoms with Crippen molar-refractivity contribution in [2.24, 2.45) is 0 Å². The molecule has 0 atom stereocenters. The standard InChI is InChI=1S/C21H23N3OSi/c1-20(2,3)26-25-21(16-10-6-4-7-11-16,17-12-8-5-9-13-17)18-14-24-19(22)15-23-18/h4-15H,1-3H3,(H2,22,24). The number of nitrogens with two attached hydrogens (primary N) is 1. The van der Waals surface area contributed by atoms with Crippen molar-refractivity contribution in [3.05, 3.63) is 89.9 Å². The minimum absolute atomic E-state index is 0.0239. The maximum absolute atomic E-state index is 6.68. The molecule has 0 spiro atoms. The lowest BCUT2D eigenvalue weighted by atomic mass is 9.84. The highest BCUT2D eigenvalue weighted by atomic mass is 28.2. The van der Waals surface area contributed by atoms with E-state index in [1.54, 1.807) is 12.4 Å². The lowest BCUT2D eigenvalue weighted by molar-refractivity contribution is 0.151. The van der Waals surface area contributed by atoms with Gasteiger partial charge in [-0.3, -0.25) is 4.98 Å². The van der Waals surface area contributed by atoms with Crippen LogP contribution in [0.5, 0.6) is 0 Å². The van der Waals surface area contributed by atoms with E-state index in [-0.39, 0.29) is 14.8 Å². The van der Waals surface area contributed by atoms with E-state index in [0.717, 1.165) is 16.8 Å². The Morgan fingerprint density at radius 3 is 1.77 bits per heavy atom. The normalized spacial score (nSPS) is 12.1. The summed E-state index contributed by atoms with van der Waals surface area (Å²) in [7, 11) is 0.268. The van der Waals surface area contributed by atoms with Crippen molar-refractivity contribution in [3.8, 4) is 0 Å². The largest absolute Gasteiger partial charge is 0.398 e. The smallest absolute Gasteiger partial charge is 0.238 e. The summed E-state index contributed by atoms with van der Waals surface area (Å²) in [6, 6.07) is 20.3. The van der Waals surface area contributed by atoms with E-state index >= 15 is 0 Å². The Morgan fingerprint density at radius 2 is 1.35 bits per heavy atom. The molecule has 0 bridgehead atoms. The summed E-state index contributed by atoms with van der Waals surface area (Å²) >= 11 is 0. The molecule has 0 amide bonds. The predicted octanol–water partition coefficient (Wildman–Crippen LogP) is 4.20. The Hall–Kier alpha value is -2.50. The van der Waals surface area contributed by atoms with Crippen LogP contribution in [0, 0.1) is 0 Å². The van der Waals surface area contributed by atoms with Crippen LogP contribution in [0.4, 0.5) is 5.82 Å². The third-order valence-electron chi connectivity index (χ3n) is 3.90. The number of nitrogens with zero attached hydrogens (tertiary/aromatic N) is 2. The Bertz CT molecular complexity index is 791. The van der Waals surface area contributed by atoms with Crippen molar-refractivity contribution < 1.29 is 4.43 Å². The van der Waals surface area contributed by atoms with Crippen LogP contribution in [0.3, 0.4) is 0 Å². The van der Waals surface area contributed by atoms with Crippen molar-refractivity contribution in [2.75, 3.05) is 5.73 Å². The van der Waals surface area contributed by atoms with Gasteiger partial charge in [0, 0.05) is 0 Å². The van der Waals surface area contributed by atoms with Gasteiger partial charge in [-0.2, -0.15) is 0 Å². The zero-order valence-corrected chi connectivity index (χ0v) is 16.3. The van der Waals surface area contributed by atoms with E-state index in [1.807, 2.05) is 36.4 Å². The van der Waals surface area contributed by atoms with Crippen LogP contribution in [-0.2, 0) is 10.0 Å². The molecule has 2 aromatic carbocycles. The average molecular weight is 362 g/mol. The van der Waals surface area contributed by atoms with Gasteiger partial charge in [0.1, 0.15) is 5.82 Å². The van der Waals surface area contributed by atoms with E-state index in [0.29, 0.717) is 5.82 Å². The lowest BCUT2D eigenvalue weighted by Gasteiger charge is -2.36. The van der Waals surface area contributed by atoms with Gasteiger partial charge in [-0.1, -0.05) is 81.4 Å². The number of hydrogen-bond donors (Lipinski definition) is 1. The van der Waals surface area contributed by atoms with Gasteiger partial charge in [0.15, 0.2) is 5.60 Å². The lowest BCUT2D eigenvalue weighted by Crippen LogP contribution is -2.37. The fourth-order valence-corrected chi connectivity index (χ4v) is 3.53. The molecule has 132 valence electrons. The number of rotatable bonds is 5. The fourth-order valence-electron chi connectivity index (χ4n) is 2.73. The Labute approximate surface area is 157 Å². The summed E-state index contributed by atoms with van der Waals surface area (Å²) in [5.41, 5.74) is 7.69. The first kappa shape index (κ1) is 18.3. The summed E-state index contributed by atoms with van der Waals surface area (Å²) in [4.78, 5) is 8.88. The van der Waals surface area contributed by atoms with Gasteiger partial charge in [-0.15, -0.1) is 0 Å². The molecule has 0 unspecified atom stereocenters. The molecule has 5 heteroatoms. The molecule has 0 saturated heterocycles. The second-order valence-corrected chi connectivity index (χ2v) is 9.10. The molecule has 3 aromatic rings. The van der Waals surface area contributed by atoms with Gasteiger partial charge < -0.3 is 10.2 Å². The van der Waals surface area contributed by atoms with Crippen LogP contribution in [0.1, 0.15) is 37.6 Å². The summed E-state index contributed by atoms with van der Waals surface area (Å²) in [6.07, 6.45) is 3.29. The first-order valence-corrected chi connectivity index (χ1v) is 9.47. The quantitative estimate of drug-likeness (QED) is 0.692. The molecule has 2 N–H and O–H groups in total. The minimum Gasteiger partial charge on any atom is -0.398 e. The maximum atomic E-state index is 6.68. The monoisotopic (exact) mass is 361 g/mol. The maximum Gasteiger partial charge on any atom is 0.238 e. The first-order valence-electron chi connectivity index (χ1n) is 8.56. The summed E-state index contributed by atoms with van der Waals surface area (Å²) in [6.45, 7) is 6.50. The second-order valence-electron chi connectivity index (χ2n) is 7.19. The van der Waals surface area contributed by atoms with Crippen LogP contribution in [0.2, 0.25) is 5.04 Å². The molecule has 0 aliphatic rings. The number of benzene rings is 2. The molecule has 26 heavy (non-hydrogen) atoms. The summed E-state index contributed by atoms with van der Waals surface area (Å²) in [5.74, 6) is 0.391. The molecule has 2 radical (unpaired) electrons. The summed E-state index contributed by atoms with van der Waals surface area (Å²) < 4.78 is 6.68. The van der Waals surface area contributed by atoms with E-state index in [9.17, 15) is 0 Å². The zero-order chi connectivity index (χ0) is 18.6. The van der Waals surface area contributed by atoms with Gasteiger partial charge >= 0.3 is 0 Å². The molecule has 3 rings (SSSR count). The highest BCUT2D eigenvalue weighted by molar-refractivity contribution is 6.32. The first-order chi connectivity index (χ1) is 12.4. The highest BCUT2D eigenvalue weighted by Crippen LogP contribution is 2.40. The topological polar surface area (TPSA) is 61.0 Å². The number of nitrogen functional groups attached to an aromatic ring is 1. The average Bonchev–Trinajstić information content (AvgIpc) is 2.64. The van der Waals surface area contributed by atoms with Gasteiger partial charge in [-0.05, 0) is 16.2 Å². The molecule has 1 heterocycles.